The van der Waals surface area contributed by atoms with E-state index in [2.05, 4.69) is 5.32 Å². The SMILES string of the molecule is CNC(=O)C(C)CN(C)C(=O)Cc1cccc(C(=O)O)c1. The van der Waals surface area contributed by atoms with Crippen molar-refractivity contribution in [3.63, 3.8) is 0 Å². The summed E-state index contributed by atoms with van der Waals surface area (Å²) in [7, 11) is 3.18. The van der Waals surface area contributed by atoms with Gasteiger partial charge < -0.3 is 15.3 Å². The number of carboxylic acids is 1. The number of carbonyl (C=O) groups excluding carboxylic acids is 2. The number of amides is 2. The summed E-state index contributed by atoms with van der Waals surface area (Å²) in [4.78, 5) is 35.9. The van der Waals surface area contributed by atoms with Gasteiger partial charge in [0.2, 0.25) is 11.8 Å². The predicted octanol–water partition coefficient (Wildman–Crippen LogP) is 0.768. The lowest BCUT2D eigenvalue weighted by atomic mass is 10.1. The number of rotatable bonds is 6. The molecule has 0 spiro atoms. The zero-order valence-corrected chi connectivity index (χ0v) is 12.4. The van der Waals surface area contributed by atoms with E-state index in [1.54, 1.807) is 33.2 Å². The van der Waals surface area contributed by atoms with Crippen molar-refractivity contribution >= 4 is 17.8 Å². The van der Waals surface area contributed by atoms with Gasteiger partial charge in [-0.05, 0) is 17.7 Å². The summed E-state index contributed by atoms with van der Waals surface area (Å²) < 4.78 is 0. The Hall–Kier alpha value is -2.37. The first-order valence-electron chi connectivity index (χ1n) is 6.63. The summed E-state index contributed by atoms with van der Waals surface area (Å²) in [5.74, 6) is -1.60. The number of nitrogens with zero attached hydrogens (tertiary/aromatic N) is 1. The molecule has 6 heteroatoms. The molecule has 0 aliphatic rings. The van der Waals surface area contributed by atoms with E-state index in [0.29, 0.717) is 12.1 Å². The van der Waals surface area contributed by atoms with Crippen LogP contribution in [0.1, 0.15) is 22.8 Å². The topological polar surface area (TPSA) is 86.7 Å². The normalized spacial score (nSPS) is 11.6. The Morgan fingerprint density at radius 1 is 1.33 bits per heavy atom. The number of benzene rings is 1. The monoisotopic (exact) mass is 292 g/mol. The Morgan fingerprint density at radius 2 is 2.00 bits per heavy atom. The Kier molecular flexibility index (Phi) is 5.90. The van der Waals surface area contributed by atoms with Crippen molar-refractivity contribution in [3.8, 4) is 0 Å². The first-order valence-corrected chi connectivity index (χ1v) is 6.63. The number of hydrogen-bond donors (Lipinski definition) is 2. The van der Waals surface area contributed by atoms with Gasteiger partial charge in [0.25, 0.3) is 0 Å². The molecule has 6 nitrogen and oxygen atoms in total. The molecule has 21 heavy (non-hydrogen) atoms. The third-order valence-corrected chi connectivity index (χ3v) is 3.20. The van der Waals surface area contributed by atoms with Gasteiger partial charge in [0.15, 0.2) is 0 Å². The maximum absolute atomic E-state index is 12.1. The molecule has 2 amide bonds. The molecule has 0 saturated carbocycles. The van der Waals surface area contributed by atoms with Gasteiger partial charge in [-0.2, -0.15) is 0 Å². The van der Waals surface area contributed by atoms with E-state index in [0.717, 1.165) is 0 Å². The minimum atomic E-state index is -1.02. The van der Waals surface area contributed by atoms with E-state index in [9.17, 15) is 14.4 Å². The highest BCUT2D eigenvalue weighted by atomic mass is 16.4. The summed E-state index contributed by atoms with van der Waals surface area (Å²) in [5.41, 5.74) is 0.793. The number of hydrogen-bond acceptors (Lipinski definition) is 3. The standard InChI is InChI=1S/C15H20N2O4/c1-10(14(19)16-2)9-17(3)13(18)8-11-5-4-6-12(7-11)15(20)21/h4-7,10H,8-9H2,1-3H3,(H,16,19)(H,20,21). The van der Waals surface area contributed by atoms with Gasteiger partial charge >= 0.3 is 5.97 Å². The van der Waals surface area contributed by atoms with Crippen molar-refractivity contribution in [3.05, 3.63) is 35.4 Å². The second-order valence-electron chi connectivity index (χ2n) is 4.97. The van der Waals surface area contributed by atoms with Crippen LogP contribution in [-0.4, -0.2) is 48.4 Å². The minimum Gasteiger partial charge on any atom is -0.478 e. The molecule has 0 aliphatic heterocycles. The van der Waals surface area contributed by atoms with E-state index in [1.165, 1.54) is 17.0 Å². The smallest absolute Gasteiger partial charge is 0.335 e. The molecule has 1 rings (SSSR count). The first-order chi connectivity index (χ1) is 9.85. The lowest BCUT2D eigenvalue weighted by Gasteiger charge is -2.20. The Morgan fingerprint density at radius 3 is 2.57 bits per heavy atom. The maximum atomic E-state index is 12.1. The van der Waals surface area contributed by atoms with E-state index in [4.69, 9.17) is 5.11 Å². The van der Waals surface area contributed by atoms with E-state index < -0.39 is 5.97 Å². The van der Waals surface area contributed by atoms with Crippen LogP contribution in [0.3, 0.4) is 0 Å². The van der Waals surface area contributed by atoms with Gasteiger partial charge in [-0.25, -0.2) is 4.79 Å². The van der Waals surface area contributed by atoms with Crippen molar-refractivity contribution in [2.45, 2.75) is 13.3 Å². The van der Waals surface area contributed by atoms with Crippen LogP contribution in [0, 0.1) is 5.92 Å². The van der Waals surface area contributed by atoms with Gasteiger partial charge in [-0.1, -0.05) is 19.1 Å². The fourth-order valence-corrected chi connectivity index (χ4v) is 1.97. The fourth-order valence-electron chi connectivity index (χ4n) is 1.97. The van der Waals surface area contributed by atoms with Crippen LogP contribution in [0.4, 0.5) is 0 Å². The lowest BCUT2D eigenvalue weighted by molar-refractivity contribution is -0.131. The Labute approximate surface area is 123 Å². The summed E-state index contributed by atoms with van der Waals surface area (Å²) >= 11 is 0. The third kappa shape index (κ3) is 4.91. The second-order valence-corrected chi connectivity index (χ2v) is 4.97. The lowest BCUT2D eigenvalue weighted by Crippen LogP contribution is -2.38. The number of carbonyl (C=O) groups is 3. The van der Waals surface area contributed by atoms with E-state index in [-0.39, 0.29) is 29.7 Å². The molecule has 0 aromatic heterocycles. The summed E-state index contributed by atoms with van der Waals surface area (Å²) in [6, 6.07) is 6.28. The van der Waals surface area contributed by atoms with Crippen molar-refractivity contribution in [2.24, 2.45) is 5.92 Å². The first kappa shape index (κ1) is 16.7. The number of nitrogens with one attached hydrogen (secondary N) is 1. The highest BCUT2D eigenvalue weighted by Crippen LogP contribution is 2.08. The molecular formula is C15H20N2O4. The van der Waals surface area contributed by atoms with Crippen LogP contribution in [0.2, 0.25) is 0 Å². The molecule has 1 unspecified atom stereocenters. The summed E-state index contributed by atoms with van der Waals surface area (Å²) in [6.45, 7) is 2.06. The van der Waals surface area contributed by atoms with E-state index >= 15 is 0 Å². The fraction of sp³-hybridized carbons (Fsp3) is 0.400. The average molecular weight is 292 g/mol. The molecule has 0 bridgehead atoms. The highest BCUT2D eigenvalue weighted by molar-refractivity contribution is 5.88. The van der Waals surface area contributed by atoms with Gasteiger partial charge in [0, 0.05) is 20.6 Å². The van der Waals surface area contributed by atoms with E-state index in [1.807, 2.05) is 0 Å². The zero-order chi connectivity index (χ0) is 16.0. The van der Waals surface area contributed by atoms with Crippen molar-refractivity contribution < 1.29 is 19.5 Å². The van der Waals surface area contributed by atoms with Crippen LogP contribution < -0.4 is 5.32 Å². The molecule has 0 saturated heterocycles. The van der Waals surface area contributed by atoms with Crippen LogP contribution in [0.5, 0.6) is 0 Å². The van der Waals surface area contributed by atoms with Gasteiger partial charge in [0.05, 0.1) is 17.9 Å². The summed E-state index contributed by atoms with van der Waals surface area (Å²) in [6.07, 6.45) is 0.109. The highest BCUT2D eigenvalue weighted by Gasteiger charge is 2.17. The maximum Gasteiger partial charge on any atom is 0.335 e. The second kappa shape index (κ2) is 7.42. The molecule has 114 valence electrons. The van der Waals surface area contributed by atoms with Crippen molar-refractivity contribution in [2.75, 3.05) is 20.6 Å². The number of carboxylic acid groups (broad SMARTS) is 1. The van der Waals surface area contributed by atoms with Crippen LogP contribution >= 0.6 is 0 Å². The van der Waals surface area contributed by atoms with Crippen LogP contribution in [-0.2, 0) is 16.0 Å². The third-order valence-electron chi connectivity index (χ3n) is 3.20. The van der Waals surface area contributed by atoms with Gasteiger partial charge in [0.1, 0.15) is 0 Å². The summed E-state index contributed by atoms with van der Waals surface area (Å²) in [5, 5.41) is 11.5. The minimum absolute atomic E-state index is 0.109. The van der Waals surface area contributed by atoms with Crippen molar-refractivity contribution in [1.82, 2.24) is 10.2 Å². The Balaban J connectivity index is 2.66. The van der Waals surface area contributed by atoms with Gasteiger partial charge in [-0.3, -0.25) is 9.59 Å². The predicted molar refractivity (Wildman–Crippen MR) is 78.0 cm³/mol. The molecule has 2 N–H and O–H groups in total. The number of aromatic carboxylic acids is 1. The molecular weight excluding hydrogens is 272 g/mol. The zero-order valence-electron chi connectivity index (χ0n) is 12.4. The largest absolute Gasteiger partial charge is 0.478 e. The van der Waals surface area contributed by atoms with Crippen LogP contribution in [0.25, 0.3) is 0 Å². The molecule has 1 aromatic rings. The quantitative estimate of drug-likeness (QED) is 0.810. The Bertz CT molecular complexity index is 542. The molecule has 0 fully saturated rings. The molecule has 0 radical (unpaired) electrons. The van der Waals surface area contributed by atoms with Crippen molar-refractivity contribution in [1.29, 1.82) is 0 Å². The number of likely N-dealkylation sites (N-methyl/N-ethyl adjacent to an activating group) is 1. The molecule has 0 aliphatic carbocycles. The van der Waals surface area contributed by atoms with Crippen LogP contribution in [0.15, 0.2) is 24.3 Å². The molecule has 0 heterocycles. The van der Waals surface area contributed by atoms with Gasteiger partial charge in [-0.15, -0.1) is 0 Å². The average Bonchev–Trinajstić information content (AvgIpc) is 2.46. The molecule has 1 atom stereocenters. The molecule has 1 aromatic carbocycles.